The molecule has 3 heteroatoms. The topological polar surface area (TPSA) is 35.8 Å². The first-order valence-electron chi connectivity index (χ1n) is 5.64. The fourth-order valence-corrected chi connectivity index (χ4v) is 2.99. The predicted octanol–water partition coefficient (Wildman–Crippen LogP) is 3.17. The van der Waals surface area contributed by atoms with Crippen molar-refractivity contribution in [1.29, 1.82) is 5.26 Å². The number of rotatable bonds is 2. The zero-order chi connectivity index (χ0) is 11.4. The van der Waals surface area contributed by atoms with Gasteiger partial charge in [-0.15, -0.1) is 0 Å². The zero-order valence-corrected chi connectivity index (χ0v) is 10.3. The Kier molecular flexibility index (Phi) is 3.74. The van der Waals surface area contributed by atoms with E-state index in [2.05, 4.69) is 18.3 Å². The molecule has 1 aromatic carbocycles. The van der Waals surface area contributed by atoms with Gasteiger partial charge in [0.1, 0.15) is 0 Å². The summed E-state index contributed by atoms with van der Waals surface area (Å²) >= 11 is 2.01. The molecule has 2 rings (SSSR count). The lowest BCUT2D eigenvalue weighted by Crippen LogP contribution is -2.26. The first-order chi connectivity index (χ1) is 7.79. The van der Waals surface area contributed by atoms with Crippen LogP contribution in [0.25, 0.3) is 0 Å². The number of nitrogens with zero attached hydrogens (tertiary/aromatic N) is 1. The Morgan fingerprint density at radius 2 is 2.38 bits per heavy atom. The number of nitriles is 1. The van der Waals surface area contributed by atoms with E-state index in [1.165, 1.54) is 29.9 Å². The molecule has 0 saturated carbocycles. The van der Waals surface area contributed by atoms with Crippen LogP contribution in [0.1, 0.15) is 24.0 Å². The number of nitrogens with one attached hydrogen (secondary N) is 1. The molecular weight excluding hydrogens is 216 g/mol. The largest absolute Gasteiger partial charge is 0.381 e. The second kappa shape index (κ2) is 5.27. The van der Waals surface area contributed by atoms with Crippen molar-refractivity contribution in [3.05, 3.63) is 29.3 Å². The lowest BCUT2D eigenvalue weighted by Gasteiger charge is -2.24. The van der Waals surface area contributed by atoms with Crippen LogP contribution in [0.15, 0.2) is 18.2 Å². The average molecular weight is 232 g/mol. The van der Waals surface area contributed by atoms with E-state index >= 15 is 0 Å². The SMILES string of the molecule is Cc1ccc(C#N)cc1NC1CCCSC1. The van der Waals surface area contributed by atoms with E-state index in [0.717, 1.165) is 11.3 Å². The molecule has 0 amide bonds. The molecule has 0 spiro atoms. The van der Waals surface area contributed by atoms with Crippen molar-refractivity contribution >= 4 is 17.4 Å². The Bertz CT molecular complexity index is 403. The molecule has 1 heterocycles. The van der Waals surface area contributed by atoms with Gasteiger partial charge in [0.2, 0.25) is 0 Å². The lowest BCUT2D eigenvalue weighted by atomic mass is 10.1. The number of hydrogen-bond acceptors (Lipinski definition) is 3. The maximum Gasteiger partial charge on any atom is 0.0992 e. The fraction of sp³-hybridized carbons (Fsp3) is 0.462. The van der Waals surface area contributed by atoms with E-state index in [4.69, 9.17) is 5.26 Å². The van der Waals surface area contributed by atoms with E-state index in [0.29, 0.717) is 6.04 Å². The van der Waals surface area contributed by atoms with Crippen LogP contribution in [0.5, 0.6) is 0 Å². The minimum atomic E-state index is 0.561. The Hall–Kier alpha value is -1.14. The maximum absolute atomic E-state index is 8.88. The minimum Gasteiger partial charge on any atom is -0.381 e. The first kappa shape index (κ1) is 11.3. The van der Waals surface area contributed by atoms with Gasteiger partial charge in [0.05, 0.1) is 11.6 Å². The highest BCUT2D eigenvalue weighted by Crippen LogP contribution is 2.23. The fourth-order valence-electron chi connectivity index (χ4n) is 1.92. The molecule has 1 atom stereocenters. The second-order valence-electron chi connectivity index (χ2n) is 4.20. The quantitative estimate of drug-likeness (QED) is 0.850. The highest BCUT2D eigenvalue weighted by molar-refractivity contribution is 7.99. The van der Waals surface area contributed by atoms with Crippen molar-refractivity contribution in [2.24, 2.45) is 0 Å². The molecule has 1 aliphatic heterocycles. The van der Waals surface area contributed by atoms with E-state index in [9.17, 15) is 0 Å². The van der Waals surface area contributed by atoms with Gasteiger partial charge in [-0.25, -0.2) is 0 Å². The predicted molar refractivity (Wildman–Crippen MR) is 69.9 cm³/mol. The summed E-state index contributed by atoms with van der Waals surface area (Å²) in [6, 6.07) is 8.58. The molecule has 1 N–H and O–H groups in total. The summed E-state index contributed by atoms with van der Waals surface area (Å²) in [5, 5.41) is 12.4. The standard InChI is InChI=1S/C13H16N2S/c1-10-4-5-11(8-14)7-13(10)15-12-3-2-6-16-9-12/h4-5,7,12,15H,2-3,6,9H2,1H3. The summed E-state index contributed by atoms with van der Waals surface area (Å²) in [6.07, 6.45) is 2.53. The van der Waals surface area contributed by atoms with Crippen LogP contribution < -0.4 is 5.32 Å². The van der Waals surface area contributed by atoms with Crippen molar-refractivity contribution in [3.8, 4) is 6.07 Å². The molecule has 1 saturated heterocycles. The van der Waals surface area contributed by atoms with Gasteiger partial charge in [0, 0.05) is 17.5 Å². The molecule has 2 nitrogen and oxygen atoms in total. The number of benzene rings is 1. The smallest absolute Gasteiger partial charge is 0.0992 e. The van der Waals surface area contributed by atoms with Gasteiger partial charge in [-0.05, 0) is 43.2 Å². The highest BCUT2D eigenvalue weighted by Gasteiger charge is 2.14. The summed E-state index contributed by atoms with van der Waals surface area (Å²) < 4.78 is 0. The van der Waals surface area contributed by atoms with Gasteiger partial charge >= 0.3 is 0 Å². The molecule has 0 radical (unpaired) electrons. The Labute approximate surface area is 101 Å². The van der Waals surface area contributed by atoms with Gasteiger partial charge in [-0.1, -0.05) is 6.07 Å². The van der Waals surface area contributed by atoms with Gasteiger partial charge in [-0.3, -0.25) is 0 Å². The number of anilines is 1. The number of thioether (sulfide) groups is 1. The molecule has 1 fully saturated rings. The highest BCUT2D eigenvalue weighted by atomic mass is 32.2. The number of aryl methyl sites for hydroxylation is 1. The van der Waals surface area contributed by atoms with Crippen LogP contribution in [0, 0.1) is 18.3 Å². The average Bonchev–Trinajstić information content (AvgIpc) is 2.33. The van der Waals surface area contributed by atoms with Crippen LogP contribution in [0.3, 0.4) is 0 Å². The lowest BCUT2D eigenvalue weighted by molar-refractivity contribution is 0.684. The van der Waals surface area contributed by atoms with Crippen molar-refractivity contribution < 1.29 is 0 Å². The molecule has 1 aliphatic rings. The molecule has 1 unspecified atom stereocenters. The van der Waals surface area contributed by atoms with Gasteiger partial charge < -0.3 is 5.32 Å². The molecule has 0 aliphatic carbocycles. The normalized spacial score (nSPS) is 20.1. The number of hydrogen-bond donors (Lipinski definition) is 1. The van der Waals surface area contributed by atoms with Crippen molar-refractivity contribution in [3.63, 3.8) is 0 Å². The van der Waals surface area contributed by atoms with E-state index in [1.807, 2.05) is 30.0 Å². The Morgan fingerprint density at radius 1 is 1.50 bits per heavy atom. The van der Waals surface area contributed by atoms with Crippen LogP contribution in [-0.2, 0) is 0 Å². The van der Waals surface area contributed by atoms with Gasteiger partial charge in [-0.2, -0.15) is 17.0 Å². The van der Waals surface area contributed by atoms with Gasteiger partial charge in [0.15, 0.2) is 0 Å². The summed E-state index contributed by atoms with van der Waals surface area (Å²) in [4.78, 5) is 0. The molecule has 0 bridgehead atoms. The third kappa shape index (κ3) is 2.70. The third-order valence-corrected chi connectivity index (χ3v) is 4.10. The van der Waals surface area contributed by atoms with E-state index in [1.54, 1.807) is 0 Å². The van der Waals surface area contributed by atoms with E-state index < -0.39 is 0 Å². The van der Waals surface area contributed by atoms with Crippen molar-refractivity contribution in [2.75, 3.05) is 16.8 Å². The third-order valence-electron chi connectivity index (χ3n) is 2.89. The van der Waals surface area contributed by atoms with Crippen molar-refractivity contribution in [2.45, 2.75) is 25.8 Å². The molecule has 1 aromatic rings. The minimum absolute atomic E-state index is 0.561. The zero-order valence-electron chi connectivity index (χ0n) is 9.49. The summed E-state index contributed by atoms with van der Waals surface area (Å²) in [6.45, 7) is 2.08. The first-order valence-corrected chi connectivity index (χ1v) is 6.80. The van der Waals surface area contributed by atoms with Crippen LogP contribution in [0.2, 0.25) is 0 Å². The second-order valence-corrected chi connectivity index (χ2v) is 5.35. The van der Waals surface area contributed by atoms with Crippen LogP contribution in [0.4, 0.5) is 5.69 Å². The summed E-state index contributed by atoms with van der Waals surface area (Å²) in [7, 11) is 0. The summed E-state index contributed by atoms with van der Waals surface area (Å²) in [5.74, 6) is 2.46. The molecule has 0 aromatic heterocycles. The van der Waals surface area contributed by atoms with Crippen LogP contribution >= 0.6 is 11.8 Å². The van der Waals surface area contributed by atoms with Gasteiger partial charge in [0.25, 0.3) is 0 Å². The molecule has 16 heavy (non-hydrogen) atoms. The molecular formula is C13H16N2S. The van der Waals surface area contributed by atoms with Crippen LogP contribution in [-0.4, -0.2) is 17.5 Å². The van der Waals surface area contributed by atoms with E-state index in [-0.39, 0.29) is 0 Å². The Morgan fingerprint density at radius 3 is 3.06 bits per heavy atom. The summed E-state index contributed by atoms with van der Waals surface area (Å²) in [5.41, 5.74) is 3.07. The van der Waals surface area contributed by atoms with Crippen molar-refractivity contribution in [1.82, 2.24) is 0 Å². The molecule has 84 valence electrons. The Balaban J connectivity index is 2.10. The monoisotopic (exact) mass is 232 g/mol. The maximum atomic E-state index is 8.88.